The molecule has 0 bridgehead atoms. The second-order valence-corrected chi connectivity index (χ2v) is 4.24. The van der Waals surface area contributed by atoms with Gasteiger partial charge in [0.2, 0.25) is 0 Å². The molecular formula is C12H13ClN2O. The molecule has 2 rings (SSSR count). The minimum atomic E-state index is -0.559. The second kappa shape index (κ2) is 4.68. The molecule has 2 aromatic rings. The van der Waals surface area contributed by atoms with Gasteiger partial charge in [-0.3, -0.25) is 4.68 Å². The fraction of sp³-hybridized carbons (Fsp3) is 0.250. The molecule has 1 atom stereocenters. The lowest BCUT2D eigenvalue weighted by atomic mass is 10.1. The number of rotatable bonds is 3. The van der Waals surface area contributed by atoms with Crippen LogP contribution in [-0.4, -0.2) is 14.9 Å². The molecular weight excluding hydrogens is 224 g/mol. The van der Waals surface area contributed by atoms with E-state index in [4.69, 9.17) is 11.6 Å². The SMILES string of the molecule is Cc1ccc(C(O)Cn2cc(Cl)cn2)cc1. The van der Waals surface area contributed by atoms with Crippen molar-refractivity contribution in [3.8, 4) is 0 Å². The Hall–Kier alpha value is -1.32. The predicted molar refractivity (Wildman–Crippen MR) is 63.4 cm³/mol. The van der Waals surface area contributed by atoms with Crippen LogP contribution in [-0.2, 0) is 6.54 Å². The van der Waals surface area contributed by atoms with Crippen LogP contribution in [0, 0.1) is 6.92 Å². The third-order valence-corrected chi connectivity index (χ3v) is 2.62. The smallest absolute Gasteiger partial charge is 0.0985 e. The lowest BCUT2D eigenvalue weighted by Gasteiger charge is -2.11. The molecule has 0 aliphatic heterocycles. The number of aromatic nitrogens is 2. The Kier molecular flexibility index (Phi) is 3.27. The van der Waals surface area contributed by atoms with E-state index in [2.05, 4.69) is 5.10 Å². The molecule has 0 fully saturated rings. The van der Waals surface area contributed by atoms with E-state index in [1.807, 2.05) is 31.2 Å². The van der Waals surface area contributed by atoms with Crippen molar-refractivity contribution in [2.75, 3.05) is 0 Å². The zero-order valence-electron chi connectivity index (χ0n) is 8.97. The first-order chi connectivity index (χ1) is 7.65. The average molecular weight is 237 g/mol. The predicted octanol–water partition coefficient (Wildman–Crippen LogP) is 2.58. The minimum Gasteiger partial charge on any atom is -0.386 e. The summed E-state index contributed by atoms with van der Waals surface area (Å²) in [5.74, 6) is 0. The minimum absolute atomic E-state index is 0.412. The molecule has 1 heterocycles. The third kappa shape index (κ3) is 2.62. The van der Waals surface area contributed by atoms with Crippen LogP contribution in [0.4, 0.5) is 0 Å². The average Bonchev–Trinajstić information content (AvgIpc) is 2.65. The van der Waals surface area contributed by atoms with Crippen LogP contribution in [0.3, 0.4) is 0 Å². The lowest BCUT2D eigenvalue weighted by Crippen LogP contribution is -2.08. The monoisotopic (exact) mass is 236 g/mol. The molecule has 1 aromatic heterocycles. The van der Waals surface area contributed by atoms with Crippen molar-refractivity contribution in [3.05, 3.63) is 52.8 Å². The summed E-state index contributed by atoms with van der Waals surface area (Å²) in [7, 11) is 0. The molecule has 16 heavy (non-hydrogen) atoms. The fourth-order valence-corrected chi connectivity index (χ4v) is 1.67. The zero-order chi connectivity index (χ0) is 11.5. The van der Waals surface area contributed by atoms with Gasteiger partial charge in [0, 0.05) is 6.20 Å². The fourth-order valence-electron chi connectivity index (χ4n) is 1.51. The van der Waals surface area contributed by atoms with Crippen molar-refractivity contribution in [1.82, 2.24) is 9.78 Å². The molecule has 1 unspecified atom stereocenters. The highest BCUT2D eigenvalue weighted by Crippen LogP contribution is 2.16. The maximum atomic E-state index is 9.97. The number of nitrogens with zero attached hydrogens (tertiary/aromatic N) is 2. The van der Waals surface area contributed by atoms with Crippen LogP contribution < -0.4 is 0 Å². The highest BCUT2D eigenvalue weighted by molar-refractivity contribution is 6.30. The van der Waals surface area contributed by atoms with Crippen molar-refractivity contribution >= 4 is 11.6 Å². The molecule has 0 aliphatic carbocycles. The maximum absolute atomic E-state index is 9.97. The van der Waals surface area contributed by atoms with Crippen LogP contribution in [0.5, 0.6) is 0 Å². The first kappa shape index (κ1) is 11.2. The first-order valence-corrected chi connectivity index (χ1v) is 5.45. The van der Waals surface area contributed by atoms with Gasteiger partial charge in [-0.1, -0.05) is 41.4 Å². The van der Waals surface area contributed by atoms with Gasteiger partial charge in [0.15, 0.2) is 0 Å². The number of halogens is 1. The largest absolute Gasteiger partial charge is 0.386 e. The van der Waals surface area contributed by atoms with Gasteiger partial charge < -0.3 is 5.11 Å². The van der Waals surface area contributed by atoms with E-state index in [0.717, 1.165) is 5.56 Å². The van der Waals surface area contributed by atoms with Crippen LogP contribution in [0.1, 0.15) is 17.2 Å². The Morgan fingerprint density at radius 2 is 2.06 bits per heavy atom. The van der Waals surface area contributed by atoms with Crippen LogP contribution in [0.25, 0.3) is 0 Å². The summed E-state index contributed by atoms with van der Waals surface area (Å²) in [5.41, 5.74) is 2.07. The first-order valence-electron chi connectivity index (χ1n) is 5.08. The molecule has 1 N–H and O–H groups in total. The lowest BCUT2D eigenvalue weighted by molar-refractivity contribution is 0.151. The van der Waals surface area contributed by atoms with E-state index in [9.17, 15) is 5.11 Å². The van der Waals surface area contributed by atoms with Gasteiger partial charge in [-0.2, -0.15) is 5.10 Å². The molecule has 0 spiro atoms. The summed E-state index contributed by atoms with van der Waals surface area (Å²) in [6.07, 6.45) is 2.69. The molecule has 0 aliphatic rings. The molecule has 84 valence electrons. The highest BCUT2D eigenvalue weighted by Gasteiger charge is 2.08. The van der Waals surface area contributed by atoms with Gasteiger partial charge >= 0.3 is 0 Å². The molecule has 1 aromatic carbocycles. The van der Waals surface area contributed by atoms with Crippen molar-refractivity contribution in [2.24, 2.45) is 0 Å². The Balaban J connectivity index is 2.08. The molecule has 4 heteroatoms. The number of aryl methyl sites for hydroxylation is 1. The van der Waals surface area contributed by atoms with Crippen molar-refractivity contribution in [2.45, 2.75) is 19.6 Å². The van der Waals surface area contributed by atoms with E-state index in [1.165, 1.54) is 5.56 Å². The number of aliphatic hydroxyl groups is 1. The molecule has 0 amide bonds. The third-order valence-electron chi connectivity index (χ3n) is 2.42. The Morgan fingerprint density at radius 3 is 2.62 bits per heavy atom. The quantitative estimate of drug-likeness (QED) is 0.890. The standard InChI is InChI=1S/C12H13ClN2O/c1-9-2-4-10(5-3-9)12(16)8-15-7-11(13)6-14-15/h2-7,12,16H,8H2,1H3. The van der Waals surface area contributed by atoms with Crippen molar-refractivity contribution in [3.63, 3.8) is 0 Å². The number of benzene rings is 1. The van der Waals surface area contributed by atoms with Gasteiger partial charge in [0.05, 0.1) is 23.9 Å². The van der Waals surface area contributed by atoms with Crippen LogP contribution >= 0.6 is 11.6 Å². The van der Waals surface area contributed by atoms with Crippen molar-refractivity contribution in [1.29, 1.82) is 0 Å². The van der Waals surface area contributed by atoms with Gasteiger partial charge in [0.25, 0.3) is 0 Å². The van der Waals surface area contributed by atoms with Crippen LogP contribution in [0.15, 0.2) is 36.7 Å². The Morgan fingerprint density at radius 1 is 1.38 bits per heavy atom. The maximum Gasteiger partial charge on any atom is 0.0985 e. The van der Waals surface area contributed by atoms with E-state index < -0.39 is 6.10 Å². The van der Waals surface area contributed by atoms with E-state index in [1.54, 1.807) is 17.1 Å². The topological polar surface area (TPSA) is 38.0 Å². The van der Waals surface area contributed by atoms with E-state index >= 15 is 0 Å². The molecule has 0 saturated heterocycles. The van der Waals surface area contributed by atoms with Gasteiger partial charge in [-0.05, 0) is 12.5 Å². The molecule has 0 radical (unpaired) electrons. The van der Waals surface area contributed by atoms with Crippen molar-refractivity contribution < 1.29 is 5.11 Å². The van der Waals surface area contributed by atoms with Gasteiger partial charge in [-0.25, -0.2) is 0 Å². The van der Waals surface area contributed by atoms with E-state index in [0.29, 0.717) is 11.6 Å². The summed E-state index contributed by atoms with van der Waals surface area (Å²) in [4.78, 5) is 0. The number of hydrogen-bond donors (Lipinski definition) is 1. The highest BCUT2D eigenvalue weighted by atomic mass is 35.5. The zero-order valence-corrected chi connectivity index (χ0v) is 9.72. The van der Waals surface area contributed by atoms with Gasteiger partial charge in [0.1, 0.15) is 0 Å². The summed E-state index contributed by atoms with van der Waals surface area (Å²) in [6, 6.07) is 7.81. The Bertz CT molecular complexity index is 464. The summed E-state index contributed by atoms with van der Waals surface area (Å²) < 4.78 is 1.63. The summed E-state index contributed by atoms with van der Waals surface area (Å²) in [5, 5.41) is 14.6. The number of aliphatic hydroxyl groups excluding tert-OH is 1. The van der Waals surface area contributed by atoms with Crippen LogP contribution in [0.2, 0.25) is 5.02 Å². The van der Waals surface area contributed by atoms with Gasteiger partial charge in [-0.15, -0.1) is 0 Å². The number of hydrogen-bond acceptors (Lipinski definition) is 2. The normalized spacial score (nSPS) is 12.7. The van der Waals surface area contributed by atoms with E-state index in [-0.39, 0.29) is 0 Å². The Labute approximate surface area is 99.3 Å². The molecule has 0 saturated carbocycles. The second-order valence-electron chi connectivity index (χ2n) is 3.81. The summed E-state index contributed by atoms with van der Waals surface area (Å²) in [6.45, 7) is 2.43. The molecule has 3 nitrogen and oxygen atoms in total. The summed E-state index contributed by atoms with van der Waals surface area (Å²) >= 11 is 5.75.